The molecule has 4 saturated heterocycles. The molecule has 14 N–H and O–H groups in total. The lowest BCUT2D eigenvalue weighted by Crippen LogP contribution is -2.40. The van der Waals surface area contributed by atoms with Crippen LogP contribution in [0.2, 0.25) is 5.15 Å². The molecule has 7 fully saturated rings. The Labute approximate surface area is 808 Å². The quantitative estimate of drug-likeness (QED) is 0.0497. The number of halogens is 5. The van der Waals surface area contributed by atoms with Crippen LogP contribution in [-0.4, -0.2) is 191 Å². The van der Waals surface area contributed by atoms with Crippen molar-refractivity contribution in [3.63, 3.8) is 0 Å². The van der Waals surface area contributed by atoms with E-state index in [4.69, 9.17) is 33.5 Å². The van der Waals surface area contributed by atoms with Gasteiger partial charge in [-0.3, -0.25) is 0 Å². The third-order valence-corrected chi connectivity index (χ3v) is 36.7. The van der Waals surface area contributed by atoms with Gasteiger partial charge in [0, 0.05) is 123 Å². The summed E-state index contributed by atoms with van der Waals surface area (Å²) in [5, 5.41) is 97.9. The van der Waals surface area contributed by atoms with Crippen LogP contribution in [0, 0.1) is 43.9 Å². The second-order valence-corrected chi connectivity index (χ2v) is 43.9. The summed E-state index contributed by atoms with van der Waals surface area (Å²) in [5.41, 5.74) is 30.6. The largest absolute Gasteiger partial charge is 0.390 e. The average Bonchev–Trinajstić information content (AvgIpc) is 1.59. The van der Waals surface area contributed by atoms with E-state index >= 15 is 0 Å². The number of aliphatic hydroxyl groups excluding tert-OH is 8. The fourth-order valence-corrected chi connectivity index (χ4v) is 28.3. The molecule has 20 unspecified atom stereocenters. The lowest BCUT2D eigenvalue weighted by Gasteiger charge is -2.27. The molecule has 28 nitrogen and oxygen atoms in total. The monoisotopic (exact) mass is 2100 g/mol. The van der Waals surface area contributed by atoms with Crippen LogP contribution in [0.4, 0.5) is 17.5 Å². The highest BCUT2D eigenvalue weighted by Gasteiger charge is 2.61. The van der Waals surface area contributed by atoms with Gasteiger partial charge in [-0.05, 0) is 231 Å². The van der Waals surface area contributed by atoms with Crippen molar-refractivity contribution in [2.45, 2.75) is 173 Å². The average molecular weight is 2110 g/mol. The molecular formula is C96H92Br4ClN19O9S3. The maximum atomic E-state index is 11.2. The molecule has 4 aliphatic heterocycles. The molecule has 4 spiro atoms. The number of hydrogen-bond acceptors (Lipinski definition) is 27. The van der Waals surface area contributed by atoms with Gasteiger partial charge in [0.05, 0.1) is 99.2 Å². The molecule has 16 aromatic rings. The smallest absolute Gasteiger partial charge is 0.165 e. The minimum absolute atomic E-state index is 0.00481. The Kier molecular flexibility index (Phi) is 23.5. The number of nitrogens with zero attached hydrogens (tertiary/aromatic N) is 16. The standard InChI is InChI=1S/C24H20BrClN4O3.3C24H24BrN5O2S/c1-12-16-5-7-30(22(16)28-11-27-12)23-19(31)20(32)24(33-23)6-4-15(10-24)13-2-3-14-8-17(25)21(26)29-18(14)9-13;3*1-12-15-4-5-30(23(15)28-11-27-12)18-8-24(21(32)20(18)31)9-19(33-10-24)14-3-2-13-6-16(25)22(26)29-17(13)7-14/h2-9,11,15,19-20,23,31-32H,10H2,1H3;3*2-7,11,18-21,31-32H,8-10H2,1H3,(H2,26,29). The summed E-state index contributed by atoms with van der Waals surface area (Å²) in [6, 6.07) is 40.1. The second-order valence-electron chi connectivity index (χ2n) is 36.6. The van der Waals surface area contributed by atoms with Gasteiger partial charge in [-0.2, -0.15) is 35.3 Å². The minimum atomic E-state index is -1.10. The van der Waals surface area contributed by atoms with Gasteiger partial charge < -0.3 is 81.1 Å². The van der Waals surface area contributed by atoms with E-state index in [1.165, 1.54) is 23.0 Å². The molecule has 8 aliphatic rings. The highest BCUT2D eigenvalue weighted by atomic mass is 79.9. The molecule has 12 aromatic heterocycles. The van der Waals surface area contributed by atoms with Gasteiger partial charge in [-0.15, -0.1) is 0 Å². The first-order valence-electron chi connectivity index (χ1n) is 43.6. The molecular weight excluding hydrogens is 2010 g/mol. The number of thioether (sulfide) groups is 3. The van der Waals surface area contributed by atoms with Gasteiger partial charge in [0.15, 0.2) is 6.23 Å². The van der Waals surface area contributed by atoms with Crippen molar-refractivity contribution in [3.8, 4) is 0 Å². The first-order valence-corrected chi connectivity index (χ1v) is 50.3. The molecule has 3 saturated carbocycles. The van der Waals surface area contributed by atoms with E-state index < -0.39 is 60.7 Å². The van der Waals surface area contributed by atoms with Crippen LogP contribution in [0.25, 0.3) is 87.7 Å². The lowest BCUT2D eigenvalue weighted by atomic mass is 9.80. The van der Waals surface area contributed by atoms with E-state index in [-0.39, 0.29) is 56.0 Å². The van der Waals surface area contributed by atoms with Crippen molar-refractivity contribution in [1.82, 2.24) is 78.1 Å². The van der Waals surface area contributed by atoms with Crippen LogP contribution in [0.3, 0.4) is 0 Å². The first kappa shape index (κ1) is 89.6. The van der Waals surface area contributed by atoms with Crippen molar-refractivity contribution in [3.05, 3.63) is 252 Å². The normalized spacial score (nSPS) is 29.5. The number of fused-ring (bicyclic) bond motifs is 8. The van der Waals surface area contributed by atoms with Crippen LogP contribution in [-0.2, 0) is 4.74 Å². The van der Waals surface area contributed by atoms with Crippen molar-refractivity contribution in [2.75, 3.05) is 34.5 Å². The highest BCUT2D eigenvalue weighted by Crippen LogP contribution is 2.64. The van der Waals surface area contributed by atoms with Crippen molar-refractivity contribution in [1.29, 1.82) is 0 Å². The van der Waals surface area contributed by atoms with E-state index in [0.717, 1.165) is 165 Å². The zero-order valence-corrected chi connectivity index (χ0v) is 81.2. The van der Waals surface area contributed by atoms with Gasteiger partial charge in [-0.25, -0.2) is 59.8 Å². The third-order valence-electron chi connectivity index (χ3n) is 28.9. The van der Waals surface area contributed by atoms with Gasteiger partial charge in [-0.1, -0.05) is 72.3 Å². The highest BCUT2D eigenvalue weighted by molar-refractivity contribution is 9.11. The lowest BCUT2D eigenvalue weighted by molar-refractivity contribution is -0.0741. The number of benzene rings is 4. The number of nitrogen functional groups attached to an aromatic ring is 3. The maximum Gasteiger partial charge on any atom is 0.165 e. The van der Waals surface area contributed by atoms with Crippen molar-refractivity contribution >= 4 is 216 Å². The molecule has 132 heavy (non-hydrogen) atoms. The summed E-state index contributed by atoms with van der Waals surface area (Å²) in [6.45, 7) is 7.78. The summed E-state index contributed by atoms with van der Waals surface area (Å²) in [6.07, 6.45) is 15.0. The molecule has 36 heteroatoms. The van der Waals surface area contributed by atoms with E-state index in [1.54, 1.807) is 23.5 Å². The summed E-state index contributed by atoms with van der Waals surface area (Å²) in [5.74, 6) is 3.83. The maximum absolute atomic E-state index is 11.2. The van der Waals surface area contributed by atoms with Gasteiger partial charge in [0.2, 0.25) is 0 Å². The molecule has 4 aromatic carbocycles. The fourth-order valence-electron chi connectivity index (χ4n) is 21.6. The van der Waals surface area contributed by atoms with Crippen LogP contribution in [0.15, 0.2) is 201 Å². The number of ether oxygens (including phenoxy) is 1. The molecule has 0 radical (unpaired) electrons. The fraction of sp³-hybridized carbons (Fsp3) is 0.354. The Morgan fingerprint density at radius 3 is 1.05 bits per heavy atom. The van der Waals surface area contributed by atoms with Gasteiger partial charge in [0.1, 0.15) is 107 Å². The molecule has 4 aliphatic carbocycles. The first-order chi connectivity index (χ1) is 63.4. The zero-order valence-electron chi connectivity index (χ0n) is 71.6. The topological polar surface area (TPSA) is 424 Å². The summed E-state index contributed by atoms with van der Waals surface area (Å²) in [4.78, 5) is 52.8. The number of nitrogens with two attached hydrogens (primary N) is 3. The number of hydrogen-bond donors (Lipinski definition) is 11. The Morgan fingerprint density at radius 1 is 0.371 bits per heavy atom. The Bertz CT molecular complexity index is 6830. The minimum Gasteiger partial charge on any atom is -0.390 e. The molecule has 678 valence electrons. The summed E-state index contributed by atoms with van der Waals surface area (Å²) >= 11 is 25.5. The van der Waals surface area contributed by atoms with Gasteiger partial charge >= 0.3 is 0 Å². The van der Waals surface area contributed by atoms with E-state index in [0.29, 0.717) is 53.9 Å². The Hall–Kier alpha value is -8.96. The van der Waals surface area contributed by atoms with Crippen LogP contribution in [0.5, 0.6) is 0 Å². The van der Waals surface area contributed by atoms with Crippen molar-refractivity contribution < 1.29 is 45.6 Å². The van der Waals surface area contributed by atoms with Gasteiger partial charge in [0.25, 0.3) is 0 Å². The van der Waals surface area contributed by atoms with E-state index in [1.807, 2.05) is 180 Å². The van der Waals surface area contributed by atoms with Crippen molar-refractivity contribution in [2.24, 2.45) is 16.2 Å². The number of aliphatic hydroxyl groups is 8. The predicted octanol–water partition coefficient (Wildman–Crippen LogP) is 16.9. The number of aromatic nitrogens is 16. The van der Waals surface area contributed by atoms with Crippen LogP contribution >= 0.6 is 111 Å². The number of aryl methyl sites for hydroxylation is 4. The SMILES string of the molecule is Cc1ncnc2c1ccn2C1CC2(CSC(c3ccc4cc(Br)c(N)nc4c3)C2)C(O)C1O.Cc1ncnc2c1ccn2C1CC2(CSC(c3ccc4cc(Br)c(N)nc4c3)C2)C(O)C1O.Cc1ncnc2c1ccn2C1CC2(CSC(c3ccc4cc(Br)c(N)nc4c3)C2)C(O)C1O.Cc1ncnc2c1ccn2C1OC2(C=CC(c3ccc4cc(Br)c(Cl)nc4c3)C2)C(O)C1O. The number of anilines is 3. The third kappa shape index (κ3) is 15.5. The predicted molar refractivity (Wildman–Crippen MR) is 530 cm³/mol. The molecule has 20 atom stereocenters. The number of pyridine rings is 4. The molecule has 0 amide bonds. The summed E-state index contributed by atoms with van der Waals surface area (Å²) < 4.78 is 17.3. The Balaban J connectivity index is 0.000000106. The summed E-state index contributed by atoms with van der Waals surface area (Å²) in [7, 11) is 0. The Morgan fingerprint density at radius 2 is 0.689 bits per heavy atom. The molecule has 16 heterocycles. The van der Waals surface area contributed by atoms with Crippen LogP contribution in [0.1, 0.15) is 136 Å². The molecule has 24 rings (SSSR count). The zero-order chi connectivity index (χ0) is 91.6. The molecule has 0 bridgehead atoms. The number of rotatable bonds is 8. The number of allylic oxidation sites excluding steroid dienone is 1. The van der Waals surface area contributed by atoms with Crippen LogP contribution < -0.4 is 17.2 Å². The van der Waals surface area contributed by atoms with E-state index in [9.17, 15) is 40.9 Å². The second kappa shape index (κ2) is 34.7. The van der Waals surface area contributed by atoms with E-state index in [2.05, 4.69) is 178 Å².